The molecule has 0 fully saturated rings. The summed E-state index contributed by atoms with van der Waals surface area (Å²) < 4.78 is 70.5. The number of allylic oxidation sites excluding steroid dienone is 5. The van der Waals surface area contributed by atoms with Gasteiger partial charge in [-0.3, -0.25) is 0 Å². The molecule has 14 heteroatoms. The molecule has 0 N–H and O–H groups in total. The van der Waals surface area contributed by atoms with E-state index in [9.17, 15) is 25.9 Å². The van der Waals surface area contributed by atoms with Crippen molar-refractivity contribution in [2.24, 2.45) is 0 Å². The fourth-order valence-electron chi connectivity index (χ4n) is 5.64. The molecule has 240 valence electrons. The molecule has 2 heterocycles. The molecule has 0 saturated carbocycles. The Labute approximate surface area is 302 Å². The van der Waals surface area contributed by atoms with Crippen LogP contribution < -0.4 is 39.0 Å². The van der Waals surface area contributed by atoms with Gasteiger partial charge in [-0.15, -0.1) is 0 Å². The number of para-hydroxylation sites is 2. The Balaban J connectivity index is 0.00000480. The Kier molecular flexibility index (Phi) is 12.8. The maximum absolute atomic E-state index is 11.2. The van der Waals surface area contributed by atoms with E-state index in [1.54, 1.807) is 23.1 Å². The van der Waals surface area contributed by atoms with Crippen molar-refractivity contribution in [1.82, 2.24) is 4.90 Å². The normalized spacial score (nSPS) is 17.1. The van der Waals surface area contributed by atoms with Crippen LogP contribution in [0.1, 0.15) is 37.6 Å². The van der Waals surface area contributed by atoms with Gasteiger partial charge in [-0.2, -0.15) is 4.57 Å². The summed E-state index contributed by atoms with van der Waals surface area (Å²) in [6.07, 6.45) is 10.7. The van der Waals surface area contributed by atoms with Crippen LogP contribution in [0.4, 0.5) is 5.69 Å². The molecule has 0 unspecified atom stereocenters. The first-order valence-electron chi connectivity index (χ1n) is 14.8. The summed E-state index contributed by atoms with van der Waals surface area (Å²) in [6, 6.07) is 16.0. The van der Waals surface area contributed by atoms with Gasteiger partial charge in [0, 0.05) is 60.8 Å². The molecule has 2 aliphatic rings. The number of hydrogen-bond donors (Lipinski definition) is 0. The third kappa shape index (κ3) is 9.36. The molecule has 3 aromatic rings. The SMILES string of the molecule is CCN(C)C1=C(/C=C/c2sc3ccccc3[n+]2CCCS(=O)(=O)[O-])CC/C1=C\C=C1\Sc2ccccc2N1CCCS(=O)(=O)[O-].[Na+]. The Morgan fingerprint density at radius 1 is 0.935 bits per heavy atom. The summed E-state index contributed by atoms with van der Waals surface area (Å²) >= 11 is 3.27. The van der Waals surface area contributed by atoms with E-state index in [4.69, 9.17) is 0 Å². The second-order valence-corrected chi connectivity index (χ2v) is 16.1. The zero-order chi connectivity index (χ0) is 32.2. The second-order valence-electron chi connectivity index (χ2n) is 10.9. The number of likely N-dealkylation sites (N-methyl/N-ethyl adjacent to an activating group) is 1. The van der Waals surface area contributed by atoms with Crippen molar-refractivity contribution in [1.29, 1.82) is 0 Å². The van der Waals surface area contributed by atoms with Crippen LogP contribution in [0.5, 0.6) is 0 Å². The number of fused-ring (bicyclic) bond motifs is 2. The average molecular weight is 710 g/mol. The molecule has 1 aromatic heterocycles. The number of benzene rings is 2. The van der Waals surface area contributed by atoms with Crippen LogP contribution in [0.3, 0.4) is 0 Å². The zero-order valence-corrected chi connectivity index (χ0v) is 31.5. The summed E-state index contributed by atoms with van der Waals surface area (Å²) in [5.41, 5.74) is 5.60. The molecule has 0 atom stereocenters. The van der Waals surface area contributed by atoms with E-state index < -0.39 is 31.7 Å². The van der Waals surface area contributed by atoms with Gasteiger partial charge in [-0.25, -0.2) is 16.8 Å². The number of rotatable bonds is 13. The Morgan fingerprint density at radius 3 is 2.37 bits per heavy atom. The van der Waals surface area contributed by atoms with Gasteiger partial charge in [-0.05, 0) is 67.7 Å². The molecule has 2 aromatic carbocycles. The van der Waals surface area contributed by atoms with Crippen LogP contribution in [0, 0.1) is 0 Å². The van der Waals surface area contributed by atoms with E-state index in [1.807, 2.05) is 48.5 Å². The number of aryl methyl sites for hydroxylation is 1. The molecule has 46 heavy (non-hydrogen) atoms. The van der Waals surface area contributed by atoms with Crippen molar-refractivity contribution in [2.75, 3.05) is 36.5 Å². The van der Waals surface area contributed by atoms with Crippen molar-refractivity contribution in [2.45, 2.75) is 44.0 Å². The molecule has 0 amide bonds. The number of hydrogen-bond acceptors (Lipinski definition) is 10. The molecule has 0 saturated heterocycles. The van der Waals surface area contributed by atoms with E-state index >= 15 is 0 Å². The third-order valence-electron chi connectivity index (χ3n) is 7.81. The van der Waals surface area contributed by atoms with E-state index in [2.05, 4.69) is 52.6 Å². The van der Waals surface area contributed by atoms with Gasteiger partial charge in [0.1, 0.15) is 4.70 Å². The topological polar surface area (TPSA) is 125 Å². The van der Waals surface area contributed by atoms with Crippen molar-refractivity contribution in [3.8, 4) is 0 Å². The predicted molar refractivity (Wildman–Crippen MR) is 180 cm³/mol. The van der Waals surface area contributed by atoms with Crippen LogP contribution in [-0.4, -0.2) is 62.5 Å². The number of anilines is 1. The minimum atomic E-state index is -4.28. The molecule has 9 nitrogen and oxygen atoms in total. The van der Waals surface area contributed by atoms with Crippen LogP contribution in [0.15, 0.2) is 93.5 Å². The molecule has 1 aliphatic carbocycles. The largest absolute Gasteiger partial charge is 1.00 e. The second kappa shape index (κ2) is 16.0. The summed E-state index contributed by atoms with van der Waals surface area (Å²) in [7, 11) is -6.48. The van der Waals surface area contributed by atoms with Crippen LogP contribution in [-0.2, 0) is 26.8 Å². The molecule has 0 radical (unpaired) electrons. The monoisotopic (exact) mass is 709 g/mol. The fourth-order valence-corrected chi connectivity index (χ4v) is 8.79. The minimum Gasteiger partial charge on any atom is -0.748 e. The average Bonchev–Trinajstić information content (AvgIpc) is 3.66. The molecule has 1 aliphatic heterocycles. The summed E-state index contributed by atoms with van der Waals surface area (Å²) in [5.74, 6) is -0.793. The van der Waals surface area contributed by atoms with Crippen molar-refractivity contribution in [3.63, 3.8) is 0 Å². The summed E-state index contributed by atoms with van der Waals surface area (Å²) in [5, 5.41) is 1.97. The van der Waals surface area contributed by atoms with E-state index in [-0.39, 0.29) is 42.4 Å². The molecular formula is C32H36N3NaO6S4. The molecule has 0 bridgehead atoms. The Morgan fingerprint density at radius 2 is 1.63 bits per heavy atom. The van der Waals surface area contributed by atoms with Crippen molar-refractivity contribution >= 4 is 65.3 Å². The minimum absolute atomic E-state index is 0. The van der Waals surface area contributed by atoms with Crippen molar-refractivity contribution in [3.05, 3.63) is 93.6 Å². The summed E-state index contributed by atoms with van der Waals surface area (Å²) in [4.78, 5) is 5.42. The maximum atomic E-state index is 11.2. The van der Waals surface area contributed by atoms with Crippen LogP contribution in [0.25, 0.3) is 16.3 Å². The third-order valence-corrected chi connectivity index (χ3v) is 11.6. The van der Waals surface area contributed by atoms with Gasteiger partial charge in [0.2, 0.25) is 5.52 Å². The van der Waals surface area contributed by atoms with Gasteiger partial charge in [0.25, 0.3) is 5.01 Å². The maximum Gasteiger partial charge on any atom is 1.00 e. The number of thiazole rings is 1. The predicted octanol–water partition coefficient (Wildman–Crippen LogP) is 2.46. The quantitative estimate of drug-likeness (QED) is 0.150. The summed E-state index contributed by atoms with van der Waals surface area (Å²) in [6.45, 7) is 3.80. The van der Waals surface area contributed by atoms with E-state index in [1.165, 1.54) is 16.8 Å². The molecule has 5 rings (SSSR count). The van der Waals surface area contributed by atoms with Gasteiger partial charge < -0.3 is 18.9 Å². The standard InChI is InChI=1S/C32H37N3O6S4.Na/c1-3-33(2)32-24(16-18-30-34(20-8-22-44(36,37)38)26-10-4-6-12-28(26)42-30)14-15-25(32)17-19-31-35(21-9-23-45(39,40)41)27-11-5-7-13-29(27)43-31;/h4-7,10-13,16-19H,3,8-9,14-15,20-23H2,1-2H3,(H-,36,37,38,39,40,41);/q;+1/p-1. The first kappa shape index (κ1) is 36.9. The van der Waals surface area contributed by atoms with Crippen LogP contribution >= 0.6 is 23.1 Å². The fraction of sp³-hybridized carbons (Fsp3) is 0.344. The number of thioether (sulfide) groups is 1. The first-order valence-corrected chi connectivity index (χ1v) is 19.6. The Hall–Kier alpha value is -1.94. The molecular weight excluding hydrogens is 674 g/mol. The number of aromatic nitrogens is 1. The zero-order valence-electron chi connectivity index (χ0n) is 26.2. The van der Waals surface area contributed by atoms with Crippen LogP contribution in [0.2, 0.25) is 0 Å². The van der Waals surface area contributed by atoms with Gasteiger partial charge >= 0.3 is 29.6 Å². The first-order chi connectivity index (χ1) is 21.4. The molecule has 0 spiro atoms. The van der Waals surface area contributed by atoms with Gasteiger partial charge in [0.05, 0.1) is 31.0 Å². The van der Waals surface area contributed by atoms with Crippen molar-refractivity contribution < 1.29 is 60.1 Å². The van der Waals surface area contributed by atoms with E-state index in [0.29, 0.717) is 13.1 Å². The van der Waals surface area contributed by atoms with Gasteiger partial charge in [0.15, 0.2) is 6.54 Å². The van der Waals surface area contributed by atoms with Gasteiger partial charge in [-0.1, -0.05) is 53.4 Å². The smallest absolute Gasteiger partial charge is 0.748 e. The Bertz CT molecular complexity index is 1920. The number of nitrogens with zero attached hydrogens (tertiary/aromatic N) is 3. The van der Waals surface area contributed by atoms with E-state index in [0.717, 1.165) is 50.2 Å².